The average Bonchev–Trinajstić information content (AvgIpc) is 2.91. The molecule has 0 unspecified atom stereocenters. The minimum Gasteiger partial charge on any atom is -0.361 e. The predicted octanol–water partition coefficient (Wildman–Crippen LogP) is 1.54. The average molecular weight is 315 g/mol. The number of benzene rings is 1. The Hall–Kier alpha value is -2.77. The lowest BCUT2D eigenvalue weighted by Crippen LogP contribution is -2.18. The Labute approximate surface area is 133 Å². The first-order valence-corrected chi connectivity index (χ1v) is 7.16. The Morgan fingerprint density at radius 2 is 1.78 bits per heavy atom. The van der Waals surface area contributed by atoms with Crippen molar-refractivity contribution < 1.29 is 4.39 Å². The topological polar surface area (TPSA) is 63.0 Å². The Morgan fingerprint density at radius 3 is 2.43 bits per heavy atom. The van der Waals surface area contributed by atoms with Crippen LogP contribution >= 0.6 is 0 Å². The molecule has 0 aliphatic rings. The summed E-state index contributed by atoms with van der Waals surface area (Å²) >= 11 is 0. The van der Waals surface area contributed by atoms with Gasteiger partial charge in [0, 0.05) is 33.8 Å². The molecule has 2 aromatic heterocycles. The Morgan fingerprint density at radius 1 is 1.04 bits per heavy atom. The lowest BCUT2D eigenvalue weighted by molar-refractivity contribution is 0.582. The van der Waals surface area contributed by atoms with Crippen molar-refractivity contribution in [3.05, 3.63) is 35.6 Å². The van der Waals surface area contributed by atoms with Gasteiger partial charge in [0.2, 0.25) is 5.95 Å². The molecule has 1 aromatic carbocycles. The molecular formula is C15H18FN7. The van der Waals surface area contributed by atoms with Crippen LogP contribution in [-0.4, -0.2) is 53.2 Å². The van der Waals surface area contributed by atoms with E-state index in [4.69, 9.17) is 0 Å². The van der Waals surface area contributed by atoms with Crippen LogP contribution in [0.3, 0.4) is 0 Å². The Balaban J connectivity index is 2.13. The monoisotopic (exact) mass is 315 g/mol. The number of hydrogen-bond acceptors (Lipinski definition) is 6. The van der Waals surface area contributed by atoms with Crippen LogP contribution < -0.4 is 9.80 Å². The van der Waals surface area contributed by atoms with Crippen molar-refractivity contribution in [1.82, 2.24) is 25.0 Å². The molecule has 0 atom stereocenters. The van der Waals surface area contributed by atoms with Crippen molar-refractivity contribution in [1.29, 1.82) is 0 Å². The standard InChI is InChI=1S/C15H18FN7/c1-21(2)13-12-14(18-15(17-13)22(3)4)23(20-19-12)9-10-7-5-6-8-11(10)16/h5-8H,9H2,1-4H3. The quantitative estimate of drug-likeness (QED) is 0.728. The van der Waals surface area contributed by atoms with Gasteiger partial charge in [0.15, 0.2) is 17.0 Å². The zero-order chi connectivity index (χ0) is 16.6. The molecular weight excluding hydrogens is 297 g/mol. The van der Waals surface area contributed by atoms with E-state index in [-0.39, 0.29) is 12.4 Å². The second kappa shape index (κ2) is 5.79. The van der Waals surface area contributed by atoms with Crippen LogP contribution in [0, 0.1) is 5.82 Å². The maximum atomic E-state index is 13.9. The summed E-state index contributed by atoms with van der Waals surface area (Å²) in [6.07, 6.45) is 0. The number of hydrogen-bond donors (Lipinski definition) is 0. The number of aromatic nitrogens is 5. The highest BCUT2D eigenvalue weighted by molar-refractivity contribution is 5.84. The number of halogens is 1. The van der Waals surface area contributed by atoms with Gasteiger partial charge in [-0.05, 0) is 6.07 Å². The van der Waals surface area contributed by atoms with Crippen molar-refractivity contribution in [2.24, 2.45) is 0 Å². The molecule has 0 saturated heterocycles. The van der Waals surface area contributed by atoms with Crippen molar-refractivity contribution in [3.63, 3.8) is 0 Å². The zero-order valence-corrected chi connectivity index (χ0v) is 13.5. The van der Waals surface area contributed by atoms with Crippen LogP contribution in [0.2, 0.25) is 0 Å². The Kier molecular flexibility index (Phi) is 3.81. The van der Waals surface area contributed by atoms with E-state index in [1.807, 2.05) is 38.0 Å². The molecule has 0 aliphatic heterocycles. The van der Waals surface area contributed by atoms with Crippen molar-refractivity contribution in [3.8, 4) is 0 Å². The van der Waals surface area contributed by atoms with Gasteiger partial charge in [-0.1, -0.05) is 23.4 Å². The van der Waals surface area contributed by atoms with Crippen LogP contribution in [0.25, 0.3) is 11.2 Å². The van der Waals surface area contributed by atoms with Gasteiger partial charge in [0.25, 0.3) is 0 Å². The van der Waals surface area contributed by atoms with Crippen molar-refractivity contribution >= 4 is 22.9 Å². The van der Waals surface area contributed by atoms with Gasteiger partial charge in [-0.15, -0.1) is 5.10 Å². The lowest BCUT2D eigenvalue weighted by Gasteiger charge is -2.16. The van der Waals surface area contributed by atoms with Crippen molar-refractivity contribution in [2.45, 2.75) is 6.54 Å². The molecule has 2 heterocycles. The van der Waals surface area contributed by atoms with Crippen LogP contribution in [0.1, 0.15) is 5.56 Å². The van der Waals surface area contributed by atoms with Gasteiger partial charge in [0.1, 0.15) is 5.82 Å². The molecule has 7 nitrogen and oxygen atoms in total. The molecule has 0 amide bonds. The molecule has 3 rings (SSSR count). The van der Waals surface area contributed by atoms with E-state index in [2.05, 4.69) is 20.3 Å². The maximum Gasteiger partial charge on any atom is 0.228 e. The minimum absolute atomic E-state index is 0.264. The third kappa shape index (κ3) is 2.79. The number of rotatable bonds is 4. The summed E-state index contributed by atoms with van der Waals surface area (Å²) in [4.78, 5) is 12.7. The SMILES string of the molecule is CN(C)c1nc(N(C)C)c2nnn(Cc3ccccc3F)c2n1. The minimum atomic E-state index is -0.272. The van der Waals surface area contributed by atoms with Crippen LogP contribution in [-0.2, 0) is 6.54 Å². The predicted molar refractivity (Wildman–Crippen MR) is 87.3 cm³/mol. The summed E-state index contributed by atoms with van der Waals surface area (Å²) in [7, 11) is 7.51. The molecule has 120 valence electrons. The van der Waals surface area contributed by atoms with Crippen molar-refractivity contribution in [2.75, 3.05) is 38.0 Å². The fraction of sp³-hybridized carbons (Fsp3) is 0.333. The van der Waals surface area contributed by atoms with Gasteiger partial charge in [0.05, 0.1) is 6.54 Å². The van der Waals surface area contributed by atoms with E-state index in [0.29, 0.717) is 28.5 Å². The summed E-state index contributed by atoms with van der Waals surface area (Å²) in [6.45, 7) is 0.264. The van der Waals surface area contributed by atoms with E-state index >= 15 is 0 Å². The summed E-state index contributed by atoms with van der Waals surface area (Å²) in [5, 5.41) is 8.30. The van der Waals surface area contributed by atoms with E-state index < -0.39 is 0 Å². The van der Waals surface area contributed by atoms with Crippen LogP contribution in [0.5, 0.6) is 0 Å². The molecule has 8 heteroatoms. The maximum absolute atomic E-state index is 13.9. The van der Waals surface area contributed by atoms with Crippen LogP contribution in [0.15, 0.2) is 24.3 Å². The first-order chi connectivity index (χ1) is 11.0. The number of fused-ring (bicyclic) bond motifs is 1. The van der Waals surface area contributed by atoms with Gasteiger partial charge in [-0.25, -0.2) is 9.07 Å². The van der Waals surface area contributed by atoms with E-state index in [1.165, 1.54) is 6.07 Å². The molecule has 0 bridgehead atoms. The highest BCUT2D eigenvalue weighted by Crippen LogP contribution is 2.23. The lowest BCUT2D eigenvalue weighted by atomic mass is 10.2. The first kappa shape index (κ1) is 15.1. The summed E-state index contributed by atoms with van der Waals surface area (Å²) in [5.41, 5.74) is 1.71. The van der Waals surface area contributed by atoms with E-state index in [9.17, 15) is 4.39 Å². The Bertz CT molecular complexity index is 841. The molecule has 0 spiro atoms. The number of nitrogens with zero attached hydrogens (tertiary/aromatic N) is 7. The molecule has 0 N–H and O–H groups in total. The van der Waals surface area contributed by atoms with Crippen LogP contribution in [0.4, 0.5) is 16.2 Å². The molecule has 0 radical (unpaired) electrons. The number of anilines is 2. The van der Waals surface area contributed by atoms with Gasteiger partial charge in [-0.2, -0.15) is 9.97 Å². The molecule has 23 heavy (non-hydrogen) atoms. The molecule has 0 fully saturated rings. The van der Waals surface area contributed by atoms with Gasteiger partial charge >= 0.3 is 0 Å². The molecule has 0 aliphatic carbocycles. The fourth-order valence-corrected chi connectivity index (χ4v) is 2.24. The first-order valence-electron chi connectivity index (χ1n) is 7.16. The largest absolute Gasteiger partial charge is 0.361 e. The van der Waals surface area contributed by atoms with E-state index in [0.717, 1.165) is 0 Å². The molecule has 3 aromatic rings. The zero-order valence-electron chi connectivity index (χ0n) is 13.5. The molecule has 0 saturated carbocycles. The fourth-order valence-electron chi connectivity index (χ4n) is 2.24. The smallest absolute Gasteiger partial charge is 0.228 e. The second-order valence-electron chi connectivity index (χ2n) is 5.65. The highest BCUT2D eigenvalue weighted by Gasteiger charge is 2.17. The second-order valence-corrected chi connectivity index (χ2v) is 5.65. The summed E-state index contributed by atoms with van der Waals surface area (Å²) < 4.78 is 15.5. The third-order valence-electron chi connectivity index (χ3n) is 3.43. The van der Waals surface area contributed by atoms with Gasteiger partial charge < -0.3 is 9.80 Å². The van der Waals surface area contributed by atoms with Gasteiger partial charge in [-0.3, -0.25) is 0 Å². The highest BCUT2D eigenvalue weighted by atomic mass is 19.1. The normalized spacial score (nSPS) is 11.0. The third-order valence-corrected chi connectivity index (χ3v) is 3.43. The summed E-state index contributed by atoms with van der Waals surface area (Å²) in [6, 6.07) is 6.61. The van der Waals surface area contributed by atoms with E-state index in [1.54, 1.807) is 22.9 Å². The summed E-state index contributed by atoms with van der Waals surface area (Å²) in [5.74, 6) is 0.961.